The highest BCUT2D eigenvalue weighted by molar-refractivity contribution is 7.86. The van der Waals surface area contributed by atoms with Crippen LogP contribution in [0.2, 0.25) is 0 Å². The van der Waals surface area contributed by atoms with Gasteiger partial charge in [-0.25, -0.2) is 0 Å². The van der Waals surface area contributed by atoms with Gasteiger partial charge in [0.1, 0.15) is 0 Å². The molecule has 0 aliphatic carbocycles. The van der Waals surface area contributed by atoms with Gasteiger partial charge < -0.3 is 5.11 Å². The summed E-state index contributed by atoms with van der Waals surface area (Å²) in [6.45, 7) is 9.70. The fraction of sp³-hybridized carbons (Fsp3) is 1.00. The van der Waals surface area contributed by atoms with E-state index in [0.29, 0.717) is 24.9 Å². The molecule has 0 amide bonds. The van der Waals surface area contributed by atoms with Gasteiger partial charge in [-0.1, -0.05) is 27.7 Å². The van der Waals surface area contributed by atoms with E-state index in [1.165, 1.54) is 4.31 Å². The lowest BCUT2D eigenvalue weighted by atomic mass is 9.85. The minimum atomic E-state index is -3.39. The van der Waals surface area contributed by atoms with Crippen LogP contribution in [-0.2, 0) is 10.2 Å². The molecule has 2 aliphatic heterocycles. The maximum atomic E-state index is 12.5. The zero-order valence-corrected chi connectivity index (χ0v) is 13.2. The fourth-order valence-corrected chi connectivity index (χ4v) is 5.04. The van der Waals surface area contributed by atoms with Crippen molar-refractivity contribution in [2.45, 2.75) is 39.7 Å². The average Bonchev–Trinajstić information content (AvgIpc) is 2.22. The summed E-state index contributed by atoms with van der Waals surface area (Å²) in [6.07, 6.45) is 1.09. The monoisotopic (exact) mass is 290 g/mol. The first kappa shape index (κ1) is 15.2. The second-order valence-corrected chi connectivity index (χ2v) is 8.73. The minimum absolute atomic E-state index is 0.0816. The van der Waals surface area contributed by atoms with E-state index >= 15 is 0 Å². The molecule has 2 aliphatic rings. The SMILES string of the molecule is CC1CC(C)CN(S(=O)(=O)N2CC(O)(C(C)C)C2)C1. The summed E-state index contributed by atoms with van der Waals surface area (Å²) in [6, 6.07) is 0. The molecular formula is C13H26N2O3S. The van der Waals surface area contributed by atoms with Crippen molar-refractivity contribution in [1.29, 1.82) is 0 Å². The number of aliphatic hydroxyl groups is 1. The van der Waals surface area contributed by atoms with Crippen molar-refractivity contribution in [3.05, 3.63) is 0 Å². The van der Waals surface area contributed by atoms with Crippen LogP contribution in [0.15, 0.2) is 0 Å². The number of nitrogens with zero attached hydrogens (tertiary/aromatic N) is 2. The van der Waals surface area contributed by atoms with Gasteiger partial charge in [0.2, 0.25) is 0 Å². The van der Waals surface area contributed by atoms with Crippen molar-refractivity contribution in [3.63, 3.8) is 0 Å². The fourth-order valence-electron chi connectivity index (χ4n) is 3.05. The lowest BCUT2D eigenvalue weighted by Gasteiger charge is -2.50. The van der Waals surface area contributed by atoms with E-state index in [2.05, 4.69) is 13.8 Å². The van der Waals surface area contributed by atoms with Crippen molar-refractivity contribution < 1.29 is 13.5 Å². The van der Waals surface area contributed by atoms with Crippen LogP contribution < -0.4 is 0 Å². The summed E-state index contributed by atoms with van der Waals surface area (Å²) in [4.78, 5) is 0. The van der Waals surface area contributed by atoms with Gasteiger partial charge in [-0.2, -0.15) is 17.0 Å². The predicted octanol–water partition coefficient (Wildman–Crippen LogP) is 0.912. The van der Waals surface area contributed by atoms with Gasteiger partial charge in [-0.15, -0.1) is 0 Å². The lowest BCUT2D eigenvalue weighted by Crippen LogP contribution is -2.68. The second kappa shape index (κ2) is 4.98. The number of rotatable bonds is 3. The normalized spacial score (nSPS) is 33.4. The Morgan fingerprint density at radius 2 is 1.58 bits per heavy atom. The highest BCUT2D eigenvalue weighted by atomic mass is 32.2. The molecule has 0 bridgehead atoms. The molecule has 6 heteroatoms. The first-order valence-corrected chi connectivity index (χ1v) is 8.52. The van der Waals surface area contributed by atoms with Crippen molar-refractivity contribution in [2.75, 3.05) is 26.2 Å². The van der Waals surface area contributed by atoms with Gasteiger partial charge >= 0.3 is 0 Å². The van der Waals surface area contributed by atoms with Gasteiger partial charge in [0.25, 0.3) is 10.2 Å². The molecule has 5 nitrogen and oxygen atoms in total. The highest BCUT2D eigenvalue weighted by Crippen LogP contribution is 2.33. The molecule has 1 N–H and O–H groups in total. The number of hydrogen-bond acceptors (Lipinski definition) is 3. The summed E-state index contributed by atoms with van der Waals surface area (Å²) in [7, 11) is -3.39. The van der Waals surface area contributed by atoms with Gasteiger partial charge in [-0.05, 0) is 24.2 Å². The van der Waals surface area contributed by atoms with Crippen molar-refractivity contribution >= 4 is 10.2 Å². The lowest BCUT2D eigenvalue weighted by molar-refractivity contribution is -0.0954. The molecule has 2 atom stereocenters. The van der Waals surface area contributed by atoms with Gasteiger partial charge in [0.05, 0.1) is 5.60 Å². The largest absolute Gasteiger partial charge is 0.387 e. The Labute approximate surface area is 116 Å². The van der Waals surface area contributed by atoms with E-state index in [4.69, 9.17) is 0 Å². The molecule has 2 fully saturated rings. The summed E-state index contributed by atoms with van der Waals surface area (Å²) in [5, 5.41) is 10.2. The maximum absolute atomic E-state index is 12.5. The van der Waals surface area contributed by atoms with Crippen molar-refractivity contribution in [3.8, 4) is 0 Å². The molecule has 0 aromatic carbocycles. The third-order valence-electron chi connectivity index (χ3n) is 4.46. The van der Waals surface area contributed by atoms with E-state index in [-0.39, 0.29) is 19.0 Å². The summed E-state index contributed by atoms with van der Waals surface area (Å²) in [5.41, 5.74) is -0.847. The molecule has 2 rings (SSSR count). The van der Waals surface area contributed by atoms with Crippen LogP contribution >= 0.6 is 0 Å². The standard InChI is InChI=1S/C13H26N2O3S/c1-10(2)13(16)8-15(9-13)19(17,18)14-6-11(3)5-12(4)7-14/h10-12,16H,5-9H2,1-4H3. The molecule has 2 unspecified atom stereocenters. The Morgan fingerprint density at radius 1 is 1.11 bits per heavy atom. The average molecular weight is 290 g/mol. The zero-order chi connectivity index (χ0) is 14.4. The summed E-state index contributed by atoms with van der Waals surface area (Å²) < 4.78 is 28.0. The second-order valence-electron chi connectivity index (χ2n) is 6.80. The molecule has 2 heterocycles. The minimum Gasteiger partial charge on any atom is -0.387 e. The molecule has 0 saturated carbocycles. The molecule has 2 saturated heterocycles. The van der Waals surface area contributed by atoms with E-state index in [1.807, 2.05) is 13.8 Å². The number of hydrogen-bond donors (Lipinski definition) is 1. The van der Waals surface area contributed by atoms with Crippen molar-refractivity contribution in [2.24, 2.45) is 17.8 Å². The molecule has 0 aromatic rings. The zero-order valence-electron chi connectivity index (χ0n) is 12.3. The Bertz CT molecular complexity index is 419. The molecule has 0 spiro atoms. The summed E-state index contributed by atoms with van der Waals surface area (Å²) >= 11 is 0. The Morgan fingerprint density at radius 3 is 2.00 bits per heavy atom. The van der Waals surface area contributed by atoms with Gasteiger partial charge in [0.15, 0.2) is 0 Å². The summed E-state index contributed by atoms with van der Waals surface area (Å²) in [5.74, 6) is 0.894. The highest BCUT2D eigenvalue weighted by Gasteiger charge is 2.50. The van der Waals surface area contributed by atoms with E-state index in [0.717, 1.165) is 6.42 Å². The van der Waals surface area contributed by atoms with Crippen LogP contribution in [-0.4, -0.2) is 53.9 Å². The first-order chi connectivity index (χ1) is 8.65. The van der Waals surface area contributed by atoms with E-state index in [1.54, 1.807) is 4.31 Å². The molecule has 0 aromatic heterocycles. The smallest absolute Gasteiger partial charge is 0.282 e. The first-order valence-electron chi connectivity index (χ1n) is 7.13. The topological polar surface area (TPSA) is 60.9 Å². The van der Waals surface area contributed by atoms with Crippen LogP contribution in [0.4, 0.5) is 0 Å². The third kappa shape index (κ3) is 2.82. The van der Waals surface area contributed by atoms with Crippen LogP contribution in [0, 0.1) is 17.8 Å². The molecule has 19 heavy (non-hydrogen) atoms. The number of piperidine rings is 1. The molecular weight excluding hydrogens is 264 g/mol. The van der Waals surface area contributed by atoms with E-state index < -0.39 is 15.8 Å². The van der Waals surface area contributed by atoms with Gasteiger partial charge in [-0.3, -0.25) is 0 Å². The van der Waals surface area contributed by atoms with Gasteiger partial charge in [0, 0.05) is 26.2 Å². The quantitative estimate of drug-likeness (QED) is 0.840. The Hall–Kier alpha value is -0.170. The van der Waals surface area contributed by atoms with Crippen LogP contribution in [0.3, 0.4) is 0 Å². The Balaban J connectivity index is 2.04. The molecule has 112 valence electrons. The Kier molecular flexibility index (Phi) is 3.99. The van der Waals surface area contributed by atoms with E-state index in [9.17, 15) is 13.5 Å². The molecule has 0 radical (unpaired) electrons. The predicted molar refractivity (Wildman–Crippen MR) is 74.8 cm³/mol. The van der Waals surface area contributed by atoms with Crippen LogP contribution in [0.25, 0.3) is 0 Å². The number of β-amino-alcohol motifs (C(OH)–C–C–N with tert-alkyl or cyclic N) is 1. The third-order valence-corrected chi connectivity index (χ3v) is 6.32. The van der Waals surface area contributed by atoms with Crippen LogP contribution in [0.1, 0.15) is 34.1 Å². The van der Waals surface area contributed by atoms with Crippen LogP contribution in [0.5, 0.6) is 0 Å². The maximum Gasteiger partial charge on any atom is 0.282 e. The van der Waals surface area contributed by atoms with Crippen molar-refractivity contribution in [1.82, 2.24) is 8.61 Å².